The van der Waals surface area contributed by atoms with Crippen molar-refractivity contribution in [2.75, 3.05) is 0 Å². The summed E-state index contributed by atoms with van der Waals surface area (Å²) >= 11 is 0. The number of nitrogens with zero attached hydrogens (tertiary/aromatic N) is 3. The molecule has 2 aliphatic carbocycles. The molecular formula is C26H27F3N4O2S. The van der Waals surface area contributed by atoms with Gasteiger partial charge in [0.1, 0.15) is 17.0 Å². The lowest BCUT2D eigenvalue weighted by Gasteiger charge is -2.26. The van der Waals surface area contributed by atoms with Crippen LogP contribution >= 0.6 is 0 Å². The molecule has 2 fully saturated rings. The molecule has 0 spiro atoms. The Bertz CT molecular complexity index is 1430. The van der Waals surface area contributed by atoms with Gasteiger partial charge in [-0.05, 0) is 62.3 Å². The average molecular weight is 517 g/mol. The van der Waals surface area contributed by atoms with E-state index in [-0.39, 0.29) is 10.9 Å². The highest BCUT2D eigenvalue weighted by Gasteiger charge is 2.39. The van der Waals surface area contributed by atoms with Crippen molar-refractivity contribution in [1.29, 1.82) is 5.26 Å². The molecule has 2 heterocycles. The van der Waals surface area contributed by atoms with E-state index < -0.39 is 22.2 Å². The number of hydrogen-bond acceptors (Lipinski definition) is 4. The Balaban J connectivity index is 1.60. The van der Waals surface area contributed by atoms with Crippen LogP contribution in [0.25, 0.3) is 22.3 Å². The third-order valence-corrected chi connectivity index (χ3v) is 9.04. The Morgan fingerprint density at radius 3 is 2.39 bits per heavy atom. The molecule has 36 heavy (non-hydrogen) atoms. The second-order valence-corrected chi connectivity index (χ2v) is 11.5. The summed E-state index contributed by atoms with van der Waals surface area (Å²) in [5, 5.41) is 11.0. The maximum absolute atomic E-state index is 12.9. The lowest BCUT2D eigenvalue weighted by molar-refractivity contribution is -0.147. The van der Waals surface area contributed by atoms with E-state index in [2.05, 4.69) is 27.8 Å². The van der Waals surface area contributed by atoms with E-state index in [0.717, 1.165) is 62.5 Å². The number of halogens is 3. The molecule has 0 bridgehead atoms. The van der Waals surface area contributed by atoms with E-state index in [0.29, 0.717) is 22.9 Å². The zero-order valence-electron chi connectivity index (χ0n) is 19.8. The van der Waals surface area contributed by atoms with Crippen molar-refractivity contribution < 1.29 is 21.6 Å². The Hall–Kier alpha value is -2.90. The standard InChI is InChI=1S/C26H27F3N4O2S/c1-16(26(27,28)29)32-36(34,35)20-10-12-23(31-15-20)25-22(14-30)21-11-9-18(17-5-4-6-17)13-24(21)33(25)19-7-2-3-8-19/h9-13,15-17,19,32H,2-8H2,1H3/t16-/m1/s1. The molecule has 0 radical (unpaired) electrons. The van der Waals surface area contributed by atoms with E-state index in [1.807, 2.05) is 6.07 Å². The van der Waals surface area contributed by atoms with Gasteiger partial charge in [0.05, 0.1) is 22.5 Å². The normalized spacial score (nSPS) is 18.3. The highest BCUT2D eigenvalue weighted by molar-refractivity contribution is 7.89. The van der Waals surface area contributed by atoms with Gasteiger partial charge < -0.3 is 4.57 Å². The maximum Gasteiger partial charge on any atom is 0.404 e. The Morgan fingerprint density at radius 1 is 1.11 bits per heavy atom. The molecule has 1 atom stereocenters. The number of pyridine rings is 1. The minimum atomic E-state index is -4.71. The van der Waals surface area contributed by atoms with E-state index in [4.69, 9.17) is 0 Å². The van der Waals surface area contributed by atoms with Crippen molar-refractivity contribution in [3.63, 3.8) is 0 Å². The fraction of sp³-hybridized carbons (Fsp3) is 0.462. The molecule has 2 aliphatic rings. The molecule has 0 unspecified atom stereocenters. The lowest BCUT2D eigenvalue weighted by Crippen LogP contribution is -2.42. The Kier molecular flexibility index (Phi) is 6.33. The second-order valence-electron chi connectivity index (χ2n) is 9.81. The van der Waals surface area contributed by atoms with Crippen molar-refractivity contribution in [1.82, 2.24) is 14.3 Å². The number of alkyl halides is 3. The van der Waals surface area contributed by atoms with Crippen LogP contribution < -0.4 is 4.72 Å². The quantitative estimate of drug-likeness (QED) is 0.423. The molecule has 190 valence electrons. The summed E-state index contributed by atoms with van der Waals surface area (Å²) in [6.45, 7) is 0.746. The van der Waals surface area contributed by atoms with Crippen LogP contribution in [0.1, 0.15) is 75.0 Å². The Labute approximate surface area is 208 Å². The minimum Gasteiger partial charge on any atom is -0.335 e. The van der Waals surface area contributed by atoms with Gasteiger partial charge in [0.2, 0.25) is 10.0 Å². The summed E-state index contributed by atoms with van der Waals surface area (Å²) < 4.78 is 67.5. The van der Waals surface area contributed by atoms with Crippen LogP contribution in [0.5, 0.6) is 0 Å². The van der Waals surface area contributed by atoms with Crippen molar-refractivity contribution in [2.24, 2.45) is 0 Å². The minimum absolute atomic E-state index is 0.195. The topological polar surface area (TPSA) is 87.8 Å². The largest absolute Gasteiger partial charge is 0.404 e. The van der Waals surface area contributed by atoms with Gasteiger partial charge in [0.15, 0.2) is 0 Å². The average Bonchev–Trinajstić information content (AvgIpc) is 3.42. The molecular weight excluding hydrogens is 489 g/mol. The Morgan fingerprint density at radius 2 is 1.83 bits per heavy atom. The summed E-state index contributed by atoms with van der Waals surface area (Å²) in [5.74, 6) is 0.532. The van der Waals surface area contributed by atoms with Gasteiger partial charge in [-0.25, -0.2) is 8.42 Å². The molecule has 10 heteroatoms. The number of nitrogens with one attached hydrogen (secondary N) is 1. The van der Waals surface area contributed by atoms with Crippen molar-refractivity contribution in [2.45, 2.75) is 80.9 Å². The number of rotatable bonds is 6. The molecule has 1 N–H and O–H groups in total. The number of aromatic nitrogens is 2. The molecule has 6 nitrogen and oxygen atoms in total. The first-order valence-corrected chi connectivity index (χ1v) is 13.7. The maximum atomic E-state index is 12.9. The van der Waals surface area contributed by atoms with Crippen LogP contribution in [-0.2, 0) is 10.0 Å². The predicted octanol–water partition coefficient (Wildman–Crippen LogP) is 6.19. The van der Waals surface area contributed by atoms with Crippen molar-refractivity contribution in [3.05, 3.63) is 47.7 Å². The zero-order chi connectivity index (χ0) is 25.7. The van der Waals surface area contributed by atoms with Gasteiger partial charge in [0, 0.05) is 17.6 Å². The summed E-state index contributed by atoms with van der Waals surface area (Å²) in [4.78, 5) is 3.97. The van der Waals surface area contributed by atoms with Crippen LogP contribution in [0.3, 0.4) is 0 Å². The number of sulfonamides is 1. The van der Waals surface area contributed by atoms with Gasteiger partial charge in [0.25, 0.3) is 0 Å². The first-order valence-electron chi connectivity index (χ1n) is 12.2. The lowest BCUT2D eigenvalue weighted by atomic mass is 9.80. The third kappa shape index (κ3) is 4.39. The van der Waals surface area contributed by atoms with Gasteiger partial charge in [-0.3, -0.25) is 4.98 Å². The van der Waals surface area contributed by atoms with Gasteiger partial charge in [-0.2, -0.15) is 23.2 Å². The summed E-state index contributed by atoms with van der Waals surface area (Å²) in [7, 11) is -4.42. The van der Waals surface area contributed by atoms with Crippen LogP contribution in [0, 0.1) is 11.3 Å². The molecule has 1 aromatic carbocycles. The SMILES string of the molecule is C[C@@H](NS(=O)(=O)c1ccc(-c2c(C#N)c3ccc(C4CCC4)cc3n2C2CCCC2)nc1)C(F)(F)F. The van der Waals surface area contributed by atoms with Crippen LogP contribution in [0.15, 0.2) is 41.4 Å². The van der Waals surface area contributed by atoms with E-state index in [9.17, 15) is 26.9 Å². The molecule has 0 amide bonds. The monoisotopic (exact) mass is 516 g/mol. The summed E-state index contributed by atoms with van der Waals surface area (Å²) in [5.41, 5.74) is 3.77. The van der Waals surface area contributed by atoms with Gasteiger partial charge >= 0.3 is 6.18 Å². The van der Waals surface area contributed by atoms with E-state index in [1.54, 1.807) is 4.72 Å². The molecule has 3 aromatic rings. The highest BCUT2D eigenvalue weighted by Crippen LogP contribution is 2.43. The number of fused-ring (bicyclic) bond motifs is 1. The third-order valence-electron chi connectivity index (χ3n) is 7.52. The van der Waals surface area contributed by atoms with E-state index in [1.165, 1.54) is 24.1 Å². The summed E-state index contributed by atoms with van der Waals surface area (Å²) in [6, 6.07) is 9.27. The number of hydrogen-bond donors (Lipinski definition) is 1. The first kappa shape index (κ1) is 24.8. The van der Waals surface area contributed by atoms with E-state index >= 15 is 0 Å². The predicted molar refractivity (Wildman–Crippen MR) is 130 cm³/mol. The smallest absolute Gasteiger partial charge is 0.335 e. The first-order chi connectivity index (χ1) is 17.1. The fourth-order valence-corrected chi connectivity index (χ4v) is 6.45. The zero-order valence-corrected chi connectivity index (χ0v) is 20.7. The summed E-state index contributed by atoms with van der Waals surface area (Å²) in [6.07, 6.45) is 4.00. The molecule has 0 aliphatic heterocycles. The van der Waals surface area contributed by atoms with Crippen molar-refractivity contribution >= 4 is 20.9 Å². The van der Waals surface area contributed by atoms with Crippen LogP contribution in [-0.4, -0.2) is 30.2 Å². The molecule has 2 saturated carbocycles. The van der Waals surface area contributed by atoms with Crippen LogP contribution in [0.4, 0.5) is 13.2 Å². The fourth-order valence-electron chi connectivity index (χ4n) is 5.28. The molecule has 5 rings (SSSR count). The van der Waals surface area contributed by atoms with Crippen molar-refractivity contribution in [3.8, 4) is 17.5 Å². The second kappa shape index (κ2) is 9.20. The molecule has 2 aromatic heterocycles. The number of nitriles is 1. The van der Waals surface area contributed by atoms with Crippen LogP contribution in [0.2, 0.25) is 0 Å². The van der Waals surface area contributed by atoms with Gasteiger partial charge in [-0.15, -0.1) is 0 Å². The molecule has 0 saturated heterocycles. The van der Waals surface area contributed by atoms with Gasteiger partial charge in [-0.1, -0.05) is 31.4 Å². The highest BCUT2D eigenvalue weighted by atomic mass is 32.2. The number of benzene rings is 1.